The van der Waals surface area contributed by atoms with E-state index in [4.69, 9.17) is 21.1 Å². The number of benzene rings is 1. The number of aliphatic hydroxyl groups is 1. The van der Waals surface area contributed by atoms with Crippen molar-refractivity contribution in [2.24, 2.45) is 23.7 Å². The summed E-state index contributed by atoms with van der Waals surface area (Å²) in [4.78, 5) is 45.3. The molecule has 4 rings (SSSR count). The van der Waals surface area contributed by atoms with E-state index in [0.717, 1.165) is 0 Å². The Bertz CT molecular complexity index is 1120. The van der Waals surface area contributed by atoms with Crippen molar-refractivity contribution in [3.05, 3.63) is 54.6 Å². The Morgan fingerprint density at radius 1 is 1.29 bits per heavy atom. The fourth-order valence-electron chi connectivity index (χ4n) is 6.74. The molecule has 2 amide bonds. The summed E-state index contributed by atoms with van der Waals surface area (Å²) in [5.74, 6) is -3.38. The summed E-state index contributed by atoms with van der Waals surface area (Å²) in [6.07, 6.45) is 3.50. The Morgan fingerprint density at radius 3 is 2.50 bits per heavy atom. The van der Waals surface area contributed by atoms with Crippen molar-refractivity contribution in [2.75, 3.05) is 24.7 Å². The van der Waals surface area contributed by atoms with E-state index >= 15 is 0 Å². The summed E-state index contributed by atoms with van der Waals surface area (Å²) in [5.41, 5.74) is -1.65. The number of carbonyl (C=O) groups excluding carboxylic acids is 3. The van der Waals surface area contributed by atoms with Gasteiger partial charge in [-0.3, -0.25) is 14.4 Å². The minimum absolute atomic E-state index is 0.00865. The Balaban J connectivity index is 1.88. The molecule has 3 unspecified atom stereocenters. The van der Waals surface area contributed by atoms with Crippen LogP contribution in [0.3, 0.4) is 0 Å². The van der Waals surface area contributed by atoms with Crippen LogP contribution in [0.1, 0.15) is 34.1 Å². The summed E-state index contributed by atoms with van der Waals surface area (Å²) >= 11 is 6.10. The number of esters is 1. The molecule has 0 radical (unpaired) electrons. The molecule has 206 valence electrons. The van der Waals surface area contributed by atoms with E-state index in [-0.39, 0.29) is 43.4 Å². The Morgan fingerprint density at radius 2 is 1.95 bits per heavy atom. The van der Waals surface area contributed by atoms with Crippen LogP contribution in [0.4, 0.5) is 5.69 Å². The number of rotatable bonds is 10. The molecule has 8 nitrogen and oxygen atoms in total. The number of hydrogen-bond donors (Lipinski definition) is 1. The molecule has 3 fully saturated rings. The summed E-state index contributed by atoms with van der Waals surface area (Å²) < 4.78 is 12.2. The van der Waals surface area contributed by atoms with Gasteiger partial charge >= 0.3 is 5.97 Å². The van der Waals surface area contributed by atoms with E-state index in [0.29, 0.717) is 17.1 Å². The maximum atomic E-state index is 14.6. The van der Waals surface area contributed by atoms with Crippen LogP contribution in [-0.4, -0.2) is 70.8 Å². The van der Waals surface area contributed by atoms with E-state index < -0.39 is 41.1 Å². The van der Waals surface area contributed by atoms with Gasteiger partial charge < -0.3 is 24.4 Å². The second-order valence-electron chi connectivity index (χ2n) is 11.1. The third kappa shape index (κ3) is 4.17. The molecule has 1 spiro atoms. The highest BCUT2D eigenvalue weighted by atomic mass is 35.5. The number of hydrogen-bond acceptors (Lipinski definition) is 6. The van der Waals surface area contributed by atoms with Gasteiger partial charge in [-0.25, -0.2) is 0 Å². The number of likely N-dealkylation sites (tertiary alicyclic amines) is 1. The normalized spacial score (nSPS) is 32.3. The first-order chi connectivity index (χ1) is 18.0. The summed E-state index contributed by atoms with van der Waals surface area (Å²) in [7, 11) is 0. The summed E-state index contributed by atoms with van der Waals surface area (Å²) in [5, 5.41) is 10.9. The van der Waals surface area contributed by atoms with Gasteiger partial charge in [-0.15, -0.1) is 6.58 Å². The number of fused-ring (bicyclic) bond motifs is 1. The molecule has 1 N–H and O–H groups in total. The second kappa shape index (κ2) is 10.5. The first-order valence-electron chi connectivity index (χ1n) is 13.1. The lowest BCUT2D eigenvalue weighted by Crippen LogP contribution is -2.60. The van der Waals surface area contributed by atoms with Crippen molar-refractivity contribution < 1.29 is 29.0 Å². The van der Waals surface area contributed by atoms with Crippen molar-refractivity contribution in [1.29, 1.82) is 0 Å². The lowest BCUT2D eigenvalue weighted by molar-refractivity contribution is -0.162. The topological polar surface area (TPSA) is 96.4 Å². The number of amides is 2. The van der Waals surface area contributed by atoms with Crippen molar-refractivity contribution in [3.63, 3.8) is 0 Å². The molecule has 38 heavy (non-hydrogen) atoms. The van der Waals surface area contributed by atoms with E-state index in [9.17, 15) is 19.5 Å². The number of anilines is 1. The maximum Gasteiger partial charge on any atom is 0.313 e. The quantitative estimate of drug-likeness (QED) is 0.357. The molecule has 2 bridgehead atoms. The largest absolute Gasteiger partial charge is 0.461 e. The van der Waals surface area contributed by atoms with Gasteiger partial charge in [0.25, 0.3) is 5.91 Å². The molecule has 0 aromatic heterocycles. The monoisotopic (exact) mass is 544 g/mol. The molecule has 3 aliphatic rings. The van der Waals surface area contributed by atoms with Gasteiger partial charge in [0.2, 0.25) is 5.91 Å². The van der Waals surface area contributed by atoms with Gasteiger partial charge in [0.1, 0.15) is 24.2 Å². The molecular weight excluding hydrogens is 508 g/mol. The molecule has 3 aliphatic heterocycles. The van der Waals surface area contributed by atoms with Crippen LogP contribution in [-0.2, 0) is 23.9 Å². The smallest absolute Gasteiger partial charge is 0.313 e. The molecule has 9 heteroatoms. The van der Waals surface area contributed by atoms with Crippen molar-refractivity contribution in [3.8, 4) is 0 Å². The zero-order valence-electron chi connectivity index (χ0n) is 22.4. The van der Waals surface area contributed by atoms with Crippen molar-refractivity contribution in [1.82, 2.24) is 4.90 Å². The zero-order chi connectivity index (χ0) is 28.0. The van der Waals surface area contributed by atoms with Crippen LogP contribution in [0.2, 0.25) is 5.02 Å². The number of ether oxygens (including phenoxy) is 2. The fourth-order valence-corrected chi connectivity index (χ4v) is 6.87. The van der Waals surface area contributed by atoms with Crippen molar-refractivity contribution >= 4 is 35.1 Å². The van der Waals surface area contributed by atoms with Gasteiger partial charge in [0, 0.05) is 17.3 Å². The highest BCUT2D eigenvalue weighted by Gasteiger charge is 2.80. The fraction of sp³-hybridized carbons (Fsp3) is 0.552. The predicted molar refractivity (Wildman–Crippen MR) is 144 cm³/mol. The van der Waals surface area contributed by atoms with Gasteiger partial charge in [0.15, 0.2) is 0 Å². The van der Waals surface area contributed by atoms with Crippen LogP contribution < -0.4 is 4.90 Å². The molecule has 3 saturated heterocycles. The van der Waals surface area contributed by atoms with E-state index in [1.165, 1.54) is 11.0 Å². The van der Waals surface area contributed by atoms with E-state index in [1.54, 1.807) is 35.2 Å². The van der Waals surface area contributed by atoms with Gasteiger partial charge in [-0.1, -0.05) is 51.1 Å². The first-order valence-corrected chi connectivity index (χ1v) is 13.4. The molecule has 7 atom stereocenters. The summed E-state index contributed by atoms with van der Waals surface area (Å²) in [6, 6.07) is 5.14. The number of halogens is 1. The Kier molecular flexibility index (Phi) is 7.81. The lowest BCUT2D eigenvalue weighted by atomic mass is 9.62. The van der Waals surface area contributed by atoms with E-state index in [2.05, 4.69) is 13.2 Å². The Hall–Kier alpha value is -2.68. The number of nitrogens with zero attached hydrogens (tertiary/aromatic N) is 2. The van der Waals surface area contributed by atoms with Gasteiger partial charge in [0.05, 0.1) is 24.2 Å². The minimum atomic E-state index is -1.26. The van der Waals surface area contributed by atoms with Crippen molar-refractivity contribution in [2.45, 2.75) is 57.4 Å². The van der Waals surface area contributed by atoms with Gasteiger partial charge in [-0.2, -0.15) is 0 Å². The first kappa shape index (κ1) is 28.3. The van der Waals surface area contributed by atoms with E-state index in [1.807, 2.05) is 27.7 Å². The highest BCUT2D eigenvalue weighted by Crippen LogP contribution is 2.65. The van der Waals surface area contributed by atoms with Crippen LogP contribution in [0.15, 0.2) is 49.6 Å². The third-order valence-electron chi connectivity index (χ3n) is 8.61. The third-order valence-corrected chi connectivity index (χ3v) is 8.87. The molecule has 1 aromatic carbocycles. The minimum Gasteiger partial charge on any atom is -0.461 e. The average molecular weight is 545 g/mol. The molecular formula is C29H37ClN2O6. The lowest BCUT2D eigenvalue weighted by Gasteiger charge is -2.40. The predicted octanol–water partition coefficient (Wildman–Crippen LogP) is 3.62. The van der Waals surface area contributed by atoms with Crippen LogP contribution in [0.25, 0.3) is 0 Å². The average Bonchev–Trinajstić information content (AvgIpc) is 3.38. The standard InChI is InChI=1S/C29H37ClN2O6/c1-7-13-31(20-11-9-19(30)10-12-20)26(35)24-29-15-18(5)28(6,38-29)23(27(36)37-14-8-2)22(29)25(34)32(24)21(16-33)17(3)4/h7-12,17-18,21-24,33H,1-2,13-16H2,3-6H3/t18?,21-,22-,23+,24?,28-,29?/m0/s1. The molecule has 0 saturated carbocycles. The Labute approximate surface area is 229 Å². The second-order valence-corrected chi connectivity index (χ2v) is 11.5. The number of aliphatic hydroxyl groups excluding tert-OH is 1. The highest BCUT2D eigenvalue weighted by molar-refractivity contribution is 6.30. The zero-order valence-corrected chi connectivity index (χ0v) is 23.2. The van der Waals surface area contributed by atoms with Crippen LogP contribution in [0.5, 0.6) is 0 Å². The van der Waals surface area contributed by atoms with Gasteiger partial charge in [-0.05, 0) is 49.4 Å². The van der Waals surface area contributed by atoms with Crippen LogP contribution >= 0.6 is 11.6 Å². The number of carbonyl (C=O) groups is 3. The SMILES string of the molecule is C=CCOC(=O)[C@H]1[C@H]2C(=O)N([C@@H](CO)C(C)C)C(C(=O)N(CC=C)c3ccc(Cl)cc3)C23CC(C)[C@]1(C)O3. The molecule has 1 aromatic rings. The van der Waals surface area contributed by atoms with Crippen LogP contribution in [0, 0.1) is 23.7 Å². The summed E-state index contributed by atoms with van der Waals surface area (Å²) in [6.45, 7) is 14.9. The molecule has 0 aliphatic carbocycles. The maximum absolute atomic E-state index is 14.6. The molecule has 3 heterocycles.